The smallest absolute Gasteiger partial charge is 0.546 e. The van der Waals surface area contributed by atoms with Gasteiger partial charge >= 0.3 is 14.5 Å². The van der Waals surface area contributed by atoms with Crippen LogP contribution >= 0.6 is 0 Å². The minimum atomic E-state index is -5.95. The van der Waals surface area contributed by atoms with Gasteiger partial charge in [-0.1, -0.05) is 78.1 Å². The molecule has 4 rings (SSSR count). The van der Waals surface area contributed by atoms with Gasteiger partial charge in [0.1, 0.15) is 41.0 Å². The van der Waals surface area contributed by atoms with Crippen molar-refractivity contribution in [3.63, 3.8) is 0 Å². The van der Waals surface area contributed by atoms with Crippen molar-refractivity contribution in [2.75, 3.05) is 0 Å². The molecule has 0 bridgehead atoms. The van der Waals surface area contributed by atoms with E-state index in [0.717, 1.165) is 0 Å². The molecule has 0 heterocycles. The van der Waals surface area contributed by atoms with Crippen LogP contribution < -0.4 is 25.6 Å². The molecule has 0 spiro atoms. The van der Waals surface area contributed by atoms with Crippen LogP contribution in [0.25, 0.3) is 0 Å². The molecular formula is C36H30AlBF15O-. The number of hydrogen-bond donors (Lipinski definition) is 0. The quantitative estimate of drug-likeness (QED) is 0.0748. The molecule has 0 radical (unpaired) electrons. The first-order valence-corrected chi connectivity index (χ1v) is 18.4. The molecule has 0 unspecified atom stereocenters. The normalized spacial score (nSPS) is 12.5. The van der Waals surface area contributed by atoms with Crippen LogP contribution in [0.5, 0.6) is 5.75 Å². The fraction of sp³-hybridized carbons (Fsp3) is 0.333. The van der Waals surface area contributed by atoms with E-state index >= 15 is 52.7 Å². The van der Waals surface area contributed by atoms with E-state index in [0.29, 0.717) is 22.7 Å². The van der Waals surface area contributed by atoms with Gasteiger partial charge in [0.05, 0.1) is 5.75 Å². The molecule has 4 aromatic rings. The number of hydrogen-bond acceptors (Lipinski definition) is 1. The highest BCUT2D eigenvalue weighted by Gasteiger charge is 2.50. The summed E-state index contributed by atoms with van der Waals surface area (Å²) in [6.45, 7) is 12.2. The van der Waals surface area contributed by atoms with Gasteiger partial charge in [0.25, 0.3) is 0 Å². The van der Waals surface area contributed by atoms with Gasteiger partial charge < -0.3 is 3.79 Å². The molecule has 0 N–H and O–H groups in total. The molecule has 54 heavy (non-hydrogen) atoms. The van der Waals surface area contributed by atoms with E-state index < -0.39 is 141 Å². The molecule has 0 aromatic heterocycles. The number of halogens is 15. The molecule has 0 fully saturated rings. The van der Waals surface area contributed by atoms with Gasteiger partial charge in [-0.2, -0.15) is 5.46 Å². The Balaban J connectivity index is 2.66. The van der Waals surface area contributed by atoms with Crippen LogP contribution in [0.15, 0.2) is 12.1 Å². The van der Waals surface area contributed by atoms with Crippen molar-refractivity contribution >= 4 is 42.5 Å². The van der Waals surface area contributed by atoms with E-state index in [-0.39, 0.29) is 16.9 Å². The van der Waals surface area contributed by atoms with Gasteiger partial charge in [0, 0.05) is 0 Å². The second-order valence-corrected chi connectivity index (χ2v) is 17.9. The highest BCUT2D eigenvalue weighted by atomic mass is 27.2. The van der Waals surface area contributed by atoms with Crippen molar-refractivity contribution < 1.29 is 69.6 Å². The van der Waals surface area contributed by atoms with Crippen LogP contribution in [0.1, 0.15) is 66.5 Å². The first kappa shape index (κ1) is 43.0. The second-order valence-electron chi connectivity index (χ2n) is 14.8. The minimum absolute atomic E-state index is 0.0314. The second kappa shape index (κ2) is 14.7. The van der Waals surface area contributed by atoms with E-state index in [2.05, 4.69) is 0 Å². The molecule has 0 saturated carbocycles. The molecule has 1 nitrogen and oxygen atoms in total. The van der Waals surface area contributed by atoms with Crippen LogP contribution in [-0.4, -0.2) is 20.6 Å². The van der Waals surface area contributed by atoms with E-state index in [1.165, 1.54) is 41.5 Å². The molecule has 4 aromatic carbocycles. The summed E-state index contributed by atoms with van der Waals surface area (Å²) in [7, 11) is 0. The zero-order valence-electron chi connectivity index (χ0n) is 29.8. The van der Waals surface area contributed by atoms with E-state index in [1.54, 1.807) is 13.8 Å². The summed E-state index contributed by atoms with van der Waals surface area (Å²) in [5.41, 5.74) is -12.4. The van der Waals surface area contributed by atoms with Crippen LogP contribution in [0.2, 0.25) is 10.6 Å². The van der Waals surface area contributed by atoms with Crippen LogP contribution in [0, 0.1) is 87.3 Å². The van der Waals surface area contributed by atoms with E-state index in [4.69, 9.17) is 3.79 Å². The molecule has 0 aliphatic rings. The van der Waals surface area contributed by atoms with Crippen LogP contribution in [0.4, 0.5) is 65.9 Å². The fourth-order valence-electron chi connectivity index (χ4n) is 6.70. The Morgan fingerprint density at radius 1 is 0.426 bits per heavy atom. The Morgan fingerprint density at radius 2 is 0.648 bits per heavy atom. The molecule has 292 valence electrons. The van der Waals surface area contributed by atoms with Gasteiger partial charge in [-0.25, -0.2) is 65.9 Å². The van der Waals surface area contributed by atoms with Crippen molar-refractivity contribution in [1.29, 1.82) is 0 Å². The maximum atomic E-state index is 16.3. The van der Waals surface area contributed by atoms with E-state index in [1.807, 2.05) is 0 Å². The summed E-state index contributed by atoms with van der Waals surface area (Å²) in [4.78, 5) is 0. The molecule has 18 heteroatoms. The van der Waals surface area contributed by atoms with Crippen molar-refractivity contribution in [2.45, 2.75) is 76.8 Å². The Hall–Kier alpha value is -3.77. The summed E-state index contributed by atoms with van der Waals surface area (Å²) in [6.07, 6.45) is -5.95. The third-order valence-electron chi connectivity index (χ3n) is 9.45. The molecule has 0 aliphatic carbocycles. The lowest BCUT2D eigenvalue weighted by Crippen LogP contribution is -2.79. The number of benzene rings is 4. The molecule has 0 aliphatic heterocycles. The topological polar surface area (TPSA) is 9.23 Å². The van der Waals surface area contributed by atoms with Gasteiger partial charge in [0.2, 0.25) is 0 Å². The summed E-state index contributed by atoms with van der Waals surface area (Å²) in [5.74, 6) is -45.6. The van der Waals surface area contributed by atoms with Gasteiger partial charge in [-0.05, 0) is 22.0 Å². The SMILES string of the molecule is C[CH2][Al]([CH2]C)[O]c1c(C(C)(C)C)cc([B-](c2c(F)c(F)c(F)c(F)c2F)(c2c(F)c(F)c(F)c(F)c2F)c2c(F)c(F)c(F)c(F)c2F)cc1C(C)(C)C. The summed E-state index contributed by atoms with van der Waals surface area (Å²) < 4.78 is 239. The van der Waals surface area contributed by atoms with Crippen molar-refractivity contribution in [2.24, 2.45) is 0 Å². The average Bonchev–Trinajstić information content (AvgIpc) is 3.10. The van der Waals surface area contributed by atoms with Crippen molar-refractivity contribution in [3.8, 4) is 5.75 Å². The summed E-state index contributed by atoms with van der Waals surface area (Å²) >= 11 is -2.24. The Labute approximate surface area is 304 Å². The lowest BCUT2D eigenvalue weighted by molar-refractivity contribution is 0.380. The predicted octanol–water partition coefficient (Wildman–Crippen LogP) is 9.16. The molecule has 0 atom stereocenters. The zero-order chi connectivity index (χ0) is 41.3. The van der Waals surface area contributed by atoms with Gasteiger partial charge in [-0.15, -0.1) is 16.4 Å². The fourth-order valence-corrected chi connectivity index (χ4v) is 8.20. The maximum Gasteiger partial charge on any atom is 0.546 e. The molecule has 0 saturated heterocycles. The average molecular weight is 801 g/mol. The molecular weight excluding hydrogens is 771 g/mol. The Bertz CT molecular complexity index is 1880. The van der Waals surface area contributed by atoms with Crippen molar-refractivity contribution in [1.82, 2.24) is 0 Å². The highest BCUT2D eigenvalue weighted by Crippen LogP contribution is 2.41. The Kier molecular flexibility index (Phi) is 11.7. The monoisotopic (exact) mass is 801 g/mol. The minimum Gasteiger partial charge on any atom is -0.642 e. The Morgan fingerprint density at radius 3 is 0.852 bits per heavy atom. The first-order chi connectivity index (χ1) is 24.7. The first-order valence-electron chi connectivity index (χ1n) is 16.3. The maximum absolute atomic E-state index is 16.3. The van der Waals surface area contributed by atoms with Gasteiger partial charge in [-0.3, -0.25) is 0 Å². The standard InChI is InChI=1S/C32H21BF15O.2C2H5.Al/c1-31(2,3)10-7-9(8-11(30(10)49)32(4,5)6)33(12-15(34)21(40)27(46)22(41)16(12)35,13-17(36)23(42)28(47)24(43)18(13)37)14-19(38)25(44)29(48)26(45)20(14)39;2*1-2;/h7-8,49H,1-6H3;2*1H2,2H3;/q-1;;;+1/p-1. The van der Waals surface area contributed by atoms with E-state index in [9.17, 15) is 13.2 Å². The van der Waals surface area contributed by atoms with Gasteiger partial charge in [0.15, 0.2) is 52.4 Å². The highest BCUT2D eigenvalue weighted by molar-refractivity contribution is 7.20. The molecule has 0 amide bonds. The summed E-state index contributed by atoms with van der Waals surface area (Å²) in [6, 6.07) is 1.27. The summed E-state index contributed by atoms with van der Waals surface area (Å²) in [5, 5.41) is 0.942. The van der Waals surface area contributed by atoms with Crippen LogP contribution in [0.3, 0.4) is 0 Å². The van der Waals surface area contributed by atoms with Crippen LogP contribution in [-0.2, 0) is 10.8 Å². The third kappa shape index (κ3) is 6.54. The van der Waals surface area contributed by atoms with Crippen molar-refractivity contribution in [3.05, 3.63) is 111 Å². The lowest BCUT2D eigenvalue weighted by Gasteiger charge is -2.46. The third-order valence-corrected chi connectivity index (χ3v) is 11.8. The number of rotatable bonds is 8. The lowest BCUT2D eigenvalue weighted by atomic mass is 9.12. The predicted molar refractivity (Wildman–Crippen MR) is 174 cm³/mol. The largest absolute Gasteiger partial charge is 0.642 e. The zero-order valence-corrected chi connectivity index (χ0v) is 31.0.